The van der Waals surface area contributed by atoms with E-state index in [2.05, 4.69) is 20.8 Å². The van der Waals surface area contributed by atoms with E-state index >= 15 is 0 Å². The average molecular weight is 186 g/mol. The quantitative estimate of drug-likeness (QED) is 0.689. The predicted octanol–water partition coefficient (Wildman–Crippen LogP) is 2.21. The summed E-state index contributed by atoms with van der Waals surface area (Å²) in [6.45, 7) is 6.99. The molecule has 2 atom stereocenters. The lowest BCUT2D eigenvalue weighted by atomic mass is 10.1. The van der Waals surface area contributed by atoms with Crippen molar-refractivity contribution in [2.45, 2.75) is 52.2 Å². The van der Waals surface area contributed by atoms with Gasteiger partial charge in [-0.15, -0.1) is 0 Å². The van der Waals surface area contributed by atoms with Gasteiger partial charge in [0, 0.05) is 0 Å². The summed E-state index contributed by atoms with van der Waals surface area (Å²) in [4.78, 5) is 0. The van der Waals surface area contributed by atoms with Crippen molar-refractivity contribution in [1.82, 2.24) is 0 Å². The Morgan fingerprint density at radius 2 is 1.92 bits per heavy atom. The summed E-state index contributed by atoms with van der Waals surface area (Å²) in [5, 5.41) is 9.55. The van der Waals surface area contributed by atoms with Gasteiger partial charge < -0.3 is 9.84 Å². The minimum absolute atomic E-state index is 0.213. The van der Waals surface area contributed by atoms with Gasteiger partial charge in [0.15, 0.2) is 0 Å². The highest BCUT2D eigenvalue weighted by Gasteiger charge is 2.29. The minimum Gasteiger partial charge on any atom is -0.390 e. The van der Waals surface area contributed by atoms with Crippen LogP contribution in [0.5, 0.6) is 0 Å². The van der Waals surface area contributed by atoms with Gasteiger partial charge in [0.05, 0.1) is 18.8 Å². The van der Waals surface area contributed by atoms with Gasteiger partial charge >= 0.3 is 0 Å². The van der Waals surface area contributed by atoms with Crippen molar-refractivity contribution >= 4 is 0 Å². The maximum atomic E-state index is 9.55. The Bertz CT molecular complexity index is 141. The molecule has 0 aromatic heterocycles. The maximum absolute atomic E-state index is 9.55. The first-order valence-corrected chi connectivity index (χ1v) is 5.39. The highest BCUT2D eigenvalue weighted by molar-refractivity contribution is 4.80. The van der Waals surface area contributed by atoms with Crippen LogP contribution >= 0.6 is 0 Å². The first-order valence-electron chi connectivity index (χ1n) is 5.39. The Hall–Kier alpha value is -0.0800. The molecular weight excluding hydrogens is 164 g/mol. The van der Waals surface area contributed by atoms with Crippen LogP contribution in [0.25, 0.3) is 0 Å². The third-order valence-electron chi connectivity index (χ3n) is 2.52. The standard InChI is InChI=1S/C11H22O2/c1-8(2)6-9(3)13-7-11(12)10-4-5-10/h8-12H,4-7H2,1-3H3. The Balaban J connectivity index is 2.03. The van der Waals surface area contributed by atoms with Crippen LogP contribution < -0.4 is 0 Å². The number of rotatable bonds is 6. The van der Waals surface area contributed by atoms with Gasteiger partial charge in [0.1, 0.15) is 0 Å². The summed E-state index contributed by atoms with van der Waals surface area (Å²) in [7, 11) is 0. The van der Waals surface area contributed by atoms with Crippen LogP contribution in [0.15, 0.2) is 0 Å². The lowest BCUT2D eigenvalue weighted by molar-refractivity contribution is -0.0167. The van der Waals surface area contributed by atoms with Crippen LogP contribution in [-0.2, 0) is 4.74 Å². The number of hydrogen-bond acceptors (Lipinski definition) is 2. The molecule has 0 aromatic rings. The molecule has 0 heterocycles. The molecule has 2 unspecified atom stereocenters. The van der Waals surface area contributed by atoms with Crippen molar-refractivity contribution in [3.8, 4) is 0 Å². The van der Waals surface area contributed by atoms with E-state index in [0.29, 0.717) is 18.4 Å². The van der Waals surface area contributed by atoms with Crippen LogP contribution in [-0.4, -0.2) is 23.9 Å². The summed E-state index contributed by atoms with van der Waals surface area (Å²) < 4.78 is 5.57. The van der Waals surface area contributed by atoms with E-state index < -0.39 is 0 Å². The Kier molecular flexibility index (Phi) is 4.20. The molecule has 0 aliphatic heterocycles. The van der Waals surface area contributed by atoms with Crippen LogP contribution in [0.3, 0.4) is 0 Å². The molecule has 13 heavy (non-hydrogen) atoms. The van der Waals surface area contributed by atoms with Gasteiger partial charge in [0.25, 0.3) is 0 Å². The molecule has 1 N–H and O–H groups in total. The minimum atomic E-state index is -0.213. The van der Waals surface area contributed by atoms with Crippen molar-refractivity contribution in [2.24, 2.45) is 11.8 Å². The number of hydrogen-bond donors (Lipinski definition) is 1. The Morgan fingerprint density at radius 1 is 1.31 bits per heavy atom. The first kappa shape index (κ1) is 11.0. The third kappa shape index (κ3) is 4.63. The van der Waals surface area contributed by atoms with Gasteiger partial charge in [-0.25, -0.2) is 0 Å². The molecular formula is C11H22O2. The SMILES string of the molecule is CC(C)CC(C)OCC(O)C1CC1. The lowest BCUT2D eigenvalue weighted by Gasteiger charge is -2.17. The summed E-state index contributed by atoms with van der Waals surface area (Å²) >= 11 is 0. The van der Waals surface area contributed by atoms with Gasteiger partial charge in [-0.2, -0.15) is 0 Å². The predicted molar refractivity (Wildman–Crippen MR) is 53.6 cm³/mol. The second-order valence-electron chi connectivity index (χ2n) is 4.68. The molecule has 2 heteroatoms. The summed E-state index contributed by atoms with van der Waals surface area (Å²) in [5.74, 6) is 1.21. The molecule has 0 bridgehead atoms. The van der Waals surface area contributed by atoms with Crippen molar-refractivity contribution in [3.63, 3.8) is 0 Å². The van der Waals surface area contributed by atoms with E-state index in [-0.39, 0.29) is 12.2 Å². The van der Waals surface area contributed by atoms with Gasteiger partial charge in [-0.05, 0) is 38.0 Å². The molecule has 2 nitrogen and oxygen atoms in total. The Labute approximate surface area is 81.3 Å². The Morgan fingerprint density at radius 3 is 2.38 bits per heavy atom. The number of aliphatic hydroxyl groups is 1. The fraction of sp³-hybridized carbons (Fsp3) is 1.00. The number of aliphatic hydroxyl groups excluding tert-OH is 1. The van der Waals surface area contributed by atoms with Gasteiger partial charge in [-0.3, -0.25) is 0 Å². The largest absolute Gasteiger partial charge is 0.390 e. The molecule has 78 valence electrons. The highest BCUT2D eigenvalue weighted by atomic mass is 16.5. The van der Waals surface area contributed by atoms with Crippen LogP contribution in [0.4, 0.5) is 0 Å². The monoisotopic (exact) mass is 186 g/mol. The molecule has 1 rings (SSSR count). The second kappa shape index (κ2) is 4.97. The smallest absolute Gasteiger partial charge is 0.0801 e. The molecule has 0 aromatic carbocycles. The molecule has 1 fully saturated rings. The zero-order chi connectivity index (χ0) is 9.84. The molecule has 0 saturated heterocycles. The second-order valence-corrected chi connectivity index (χ2v) is 4.68. The van der Waals surface area contributed by atoms with Crippen molar-refractivity contribution < 1.29 is 9.84 Å². The van der Waals surface area contributed by atoms with Crippen molar-refractivity contribution in [2.75, 3.05) is 6.61 Å². The van der Waals surface area contributed by atoms with Crippen LogP contribution in [0.1, 0.15) is 40.0 Å². The van der Waals surface area contributed by atoms with E-state index in [4.69, 9.17) is 4.74 Å². The highest BCUT2D eigenvalue weighted by Crippen LogP contribution is 2.32. The average Bonchev–Trinajstić information content (AvgIpc) is 2.80. The van der Waals surface area contributed by atoms with Gasteiger partial charge in [0.2, 0.25) is 0 Å². The molecule has 0 spiro atoms. The summed E-state index contributed by atoms with van der Waals surface area (Å²) in [6.07, 6.45) is 3.52. The molecule has 0 radical (unpaired) electrons. The maximum Gasteiger partial charge on any atom is 0.0801 e. The normalized spacial score (nSPS) is 21.9. The topological polar surface area (TPSA) is 29.5 Å². The zero-order valence-electron chi connectivity index (χ0n) is 8.99. The van der Waals surface area contributed by atoms with E-state index in [1.165, 1.54) is 12.8 Å². The fourth-order valence-corrected chi connectivity index (χ4v) is 1.61. The zero-order valence-corrected chi connectivity index (χ0v) is 8.99. The van der Waals surface area contributed by atoms with Crippen LogP contribution in [0, 0.1) is 11.8 Å². The van der Waals surface area contributed by atoms with Crippen LogP contribution in [0.2, 0.25) is 0 Å². The van der Waals surface area contributed by atoms with E-state index in [0.717, 1.165) is 6.42 Å². The van der Waals surface area contributed by atoms with Crippen molar-refractivity contribution in [3.05, 3.63) is 0 Å². The van der Waals surface area contributed by atoms with E-state index in [1.807, 2.05) is 0 Å². The molecule has 1 saturated carbocycles. The van der Waals surface area contributed by atoms with Gasteiger partial charge in [-0.1, -0.05) is 13.8 Å². The lowest BCUT2D eigenvalue weighted by Crippen LogP contribution is -2.22. The molecule has 1 aliphatic carbocycles. The number of ether oxygens (including phenoxy) is 1. The fourth-order valence-electron chi connectivity index (χ4n) is 1.61. The first-order chi connectivity index (χ1) is 6.09. The third-order valence-corrected chi connectivity index (χ3v) is 2.52. The van der Waals surface area contributed by atoms with Crippen molar-refractivity contribution in [1.29, 1.82) is 0 Å². The van der Waals surface area contributed by atoms with E-state index in [9.17, 15) is 5.11 Å². The molecule has 0 amide bonds. The molecule has 1 aliphatic rings. The van der Waals surface area contributed by atoms with E-state index in [1.54, 1.807) is 0 Å². The summed E-state index contributed by atoms with van der Waals surface area (Å²) in [5.41, 5.74) is 0. The summed E-state index contributed by atoms with van der Waals surface area (Å²) in [6, 6.07) is 0.